The van der Waals surface area contributed by atoms with Crippen molar-refractivity contribution in [2.75, 3.05) is 12.4 Å². The SMILES string of the molecule is CCOC(=O)c1cccc(C#CCSCc2ccc(C(F)(F)P(=O)(O)O)c(Br)c2)c1.[NaH].[NaH]. The van der Waals surface area contributed by atoms with Gasteiger partial charge in [-0.3, -0.25) is 4.57 Å². The normalized spacial score (nSPS) is 10.8. The number of carbonyl (C=O) groups excluding carboxylic acids is 1. The zero-order valence-corrected chi connectivity index (χ0v) is 19.1. The van der Waals surface area contributed by atoms with Crippen molar-refractivity contribution in [1.29, 1.82) is 0 Å². The van der Waals surface area contributed by atoms with Crippen LogP contribution in [0.1, 0.15) is 34.0 Å². The molecule has 0 aromatic heterocycles. The van der Waals surface area contributed by atoms with E-state index in [1.165, 1.54) is 23.9 Å². The Balaban J connectivity index is 0.00000480. The molecule has 2 aromatic rings. The summed E-state index contributed by atoms with van der Waals surface area (Å²) in [6, 6.07) is 10.6. The Kier molecular flexibility index (Phi) is 14.8. The third-order valence-electron chi connectivity index (χ3n) is 3.77. The molecular weight excluding hydrogens is 547 g/mol. The Labute approximate surface area is 242 Å². The van der Waals surface area contributed by atoms with Gasteiger partial charge >= 0.3 is 78.3 Å². The predicted octanol–water partition coefficient (Wildman–Crippen LogP) is 3.84. The van der Waals surface area contributed by atoms with Crippen LogP contribution in [0.25, 0.3) is 0 Å². The van der Waals surface area contributed by atoms with Crippen LogP contribution in [-0.4, -0.2) is 87.2 Å². The molecule has 2 N–H and O–H groups in total. The molecule has 0 bridgehead atoms. The van der Waals surface area contributed by atoms with Crippen LogP contribution >= 0.6 is 35.3 Å². The van der Waals surface area contributed by atoms with Gasteiger partial charge in [-0.25, -0.2) is 4.79 Å². The molecule has 2 aromatic carbocycles. The van der Waals surface area contributed by atoms with Gasteiger partial charge in [0.15, 0.2) is 0 Å². The first-order valence-corrected chi connectivity index (χ1v) is 12.2. The average Bonchev–Trinajstić information content (AvgIpc) is 2.67. The summed E-state index contributed by atoms with van der Waals surface area (Å²) in [4.78, 5) is 29.4. The Morgan fingerprint density at radius 1 is 1.22 bits per heavy atom. The maximum atomic E-state index is 13.8. The van der Waals surface area contributed by atoms with Gasteiger partial charge in [0, 0.05) is 21.4 Å². The Bertz CT molecular complexity index is 1040. The molecule has 0 saturated heterocycles. The summed E-state index contributed by atoms with van der Waals surface area (Å²) in [5.74, 6) is 6.44. The van der Waals surface area contributed by atoms with Crippen molar-refractivity contribution >= 4 is 100 Å². The van der Waals surface area contributed by atoms with Gasteiger partial charge in [-0.2, -0.15) is 8.78 Å². The fourth-order valence-corrected chi connectivity index (χ4v) is 4.37. The summed E-state index contributed by atoms with van der Waals surface area (Å²) in [5, 5.41) is 0. The van der Waals surface area contributed by atoms with Crippen LogP contribution < -0.4 is 0 Å². The molecule has 0 amide bonds. The monoisotopic (exact) mass is 566 g/mol. The molecule has 0 aliphatic heterocycles. The number of carbonyl (C=O) groups is 1. The van der Waals surface area contributed by atoms with Crippen LogP contribution in [-0.2, 0) is 20.7 Å². The summed E-state index contributed by atoms with van der Waals surface area (Å²) < 4.78 is 43.6. The molecule has 2 rings (SSSR count). The molecule has 0 radical (unpaired) electrons. The van der Waals surface area contributed by atoms with Gasteiger partial charge in [0.25, 0.3) is 0 Å². The Morgan fingerprint density at radius 2 is 1.91 bits per heavy atom. The van der Waals surface area contributed by atoms with Gasteiger partial charge in [0.1, 0.15) is 0 Å². The fourth-order valence-electron chi connectivity index (χ4n) is 2.35. The van der Waals surface area contributed by atoms with E-state index in [9.17, 15) is 18.1 Å². The van der Waals surface area contributed by atoms with Crippen LogP contribution in [0.2, 0.25) is 0 Å². The van der Waals surface area contributed by atoms with Gasteiger partial charge < -0.3 is 14.5 Å². The van der Waals surface area contributed by atoms with E-state index in [1.54, 1.807) is 31.2 Å². The number of benzene rings is 2. The minimum absolute atomic E-state index is 0. The van der Waals surface area contributed by atoms with Crippen LogP contribution in [0.4, 0.5) is 8.78 Å². The molecule has 164 valence electrons. The number of rotatable bonds is 7. The number of hydrogen-bond donors (Lipinski definition) is 2. The molecule has 0 aliphatic rings. The predicted molar refractivity (Wildman–Crippen MR) is 130 cm³/mol. The van der Waals surface area contributed by atoms with Crippen molar-refractivity contribution in [2.45, 2.75) is 18.3 Å². The van der Waals surface area contributed by atoms with Crippen LogP contribution in [0.5, 0.6) is 0 Å². The van der Waals surface area contributed by atoms with E-state index in [1.807, 2.05) is 0 Å². The third-order valence-corrected chi connectivity index (χ3v) is 6.29. The molecule has 0 saturated carbocycles. The summed E-state index contributed by atoms with van der Waals surface area (Å²) in [7, 11) is -5.62. The van der Waals surface area contributed by atoms with Gasteiger partial charge in [0.2, 0.25) is 0 Å². The standard InChI is InChI=1S/C20H18BrF2O5PS.2Na.2H/c1-2-28-19(24)16-7-3-5-14(11-16)6-4-10-30-13-15-8-9-17(18(21)12-15)20(22,23)29(25,26)27;;;;/h3,5,7-9,11-12H,2,10,13H2,1H3,(H2,25,26,27);;;;. The molecule has 0 atom stereocenters. The van der Waals surface area contributed by atoms with E-state index in [4.69, 9.17) is 14.5 Å². The number of thioether (sulfide) groups is 1. The van der Waals surface area contributed by atoms with Gasteiger partial charge in [0.05, 0.1) is 17.9 Å². The minimum atomic E-state index is -5.62. The molecule has 0 spiro atoms. The average molecular weight is 567 g/mol. The molecule has 0 unspecified atom stereocenters. The number of hydrogen-bond acceptors (Lipinski definition) is 4. The molecule has 0 aliphatic carbocycles. The summed E-state index contributed by atoms with van der Waals surface area (Å²) in [6.07, 6.45) is 0. The molecule has 32 heavy (non-hydrogen) atoms. The molecular formula is C20H20BrF2Na2O5PS. The Morgan fingerprint density at radius 3 is 2.50 bits per heavy atom. The zero-order chi connectivity index (χ0) is 22.4. The summed E-state index contributed by atoms with van der Waals surface area (Å²) in [5.41, 5.74) is -3.23. The molecule has 0 heterocycles. The van der Waals surface area contributed by atoms with Crippen LogP contribution in [0.15, 0.2) is 46.9 Å². The van der Waals surface area contributed by atoms with Crippen molar-refractivity contribution in [2.24, 2.45) is 0 Å². The van der Waals surface area contributed by atoms with Gasteiger partial charge in [-0.05, 0) is 36.8 Å². The first kappa shape index (κ1) is 32.3. The van der Waals surface area contributed by atoms with E-state index >= 15 is 0 Å². The van der Waals surface area contributed by atoms with Gasteiger partial charge in [-0.15, -0.1) is 11.8 Å². The fraction of sp³-hybridized carbons (Fsp3) is 0.250. The van der Waals surface area contributed by atoms with Crippen molar-refractivity contribution in [1.82, 2.24) is 0 Å². The second-order valence-corrected chi connectivity index (χ2v) is 9.48. The van der Waals surface area contributed by atoms with E-state index in [0.717, 1.165) is 6.07 Å². The summed E-state index contributed by atoms with van der Waals surface area (Å²) in [6.45, 7) is 2.02. The quantitative estimate of drug-likeness (QED) is 0.174. The topological polar surface area (TPSA) is 83.8 Å². The second-order valence-electron chi connectivity index (χ2n) is 6.00. The van der Waals surface area contributed by atoms with E-state index in [2.05, 4.69) is 27.8 Å². The molecule has 12 heteroatoms. The number of halogens is 3. The second kappa shape index (κ2) is 14.7. The first-order valence-electron chi connectivity index (χ1n) is 8.62. The van der Waals surface area contributed by atoms with Crippen molar-refractivity contribution < 1.29 is 32.7 Å². The third kappa shape index (κ3) is 9.16. The van der Waals surface area contributed by atoms with Crippen molar-refractivity contribution in [3.8, 4) is 11.8 Å². The van der Waals surface area contributed by atoms with Crippen LogP contribution in [0, 0.1) is 11.8 Å². The maximum absolute atomic E-state index is 13.8. The summed E-state index contributed by atoms with van der Waals surface area (Å²) >= 11 is 4.40. The van der Waals surface area contributed by atoms with E-state index in [0.29, 0.717) is 34.8 Å². The zero-order valence-electron chi connectivity index (χ0n) is 15.8. The van der Waals surface area contributed by atoms with Crippen molar-refractivity contribution in [3.63, 3.8) is 0 Å². The van der Waals surface area contributed by atoms with Crippen LogP contribution in [0.3, 0.4) is 0 Å². The molecule has 5 nitrogen and oxygen atoms in total. The van der Waals surface area contributed by atoms with Gasteiger partial charge in [-0.1, -0.05) is 46.0 Å². The van der Waals surface area contributed by atoms with E-state index in [-0.39, 0.29) is 63.6 Å². The van der Waals surface area contributed by atoms with E-state index < -0.39 is 24.8 Å². The molecule has 0 fully saturated rings. The Hall–Kier alpha value is 0.310. The number of esters is 1. The number of alkyl halides is 2. The number of ether oxygens (including phenoxy) is 1. The first-order chi connectivity index (χ1) is 14.1. The van der Waals surface area contributed by atoms with Crippen molar-refractivity contribution in [3.05, 3.63) is 69.2 Å².